The molecule has 1 atom stereocenters. The maximum atomic E-state index is 13.6. The number of likely N-dealkylation sites (N-methyl/N-ethyl adjacent to an activating group) is 1. The zero-order chi connectivity index (χ0) is 24.2. The van der Waals surface area contributed by atoms with Crippen molar-refractivity contribution in [1.29, 1.82) is 0 Å². The minimum atomic E-state index is -3.87. The van der Waals surface area contributed by atoms with Crippen molar-refractivity contribution in [2.75, 3.05) is 40.5 Å². The number of methoxy groups -OCH3 is 1. The van der Waals surface area contributed by atoms with E-state index in [-0.39, 0.29) is 35.7 Å². The van der Waals surface area contributed by atoms with E-state index in [1.807, 2.05) is 0 Å². The standard InChI is InChI=1S/C22H26FN3O6S/c1-25(21(22(24)28)16-4-3-5-17(23)14-16)20(27)13-15-6-7-18(31-2)19(12-15)33(29,30)26-8-10-32-11-9-26/h3-7,12,14,21H,8-11,13H2,1-2H3,(H2,24,28)/t21-/m1/s1. The van der Waals surface area contributed by atoms with Crippen molar-refractivity contribution >= 4 is 21.8 Å². The molecule has 0 bridgehead atoms. The lowest BCUT2D eigenvalue weighted by Gasteiger charge is -2.27. The summed E-state index contributed by atoms with van der Waals surface area (Å²) in [5, 5.41) is 0. The minimum absolute atomic E-state index is 0.0589. The van der Waals surface area contributed by atoms with E-state index < -0.39 is 33.7 Å². The summed E-state index contributed by atoms with van der Waals surface area (Å²) in [5.41, 5.74) is 6.13. The van der Waals surface area contributed by atoms with Crippen molar-refractivity contribution in [1.82, 2.24) is 9.21 Å². The fourth-order valence-electron chi connectivity index (χ4n) is 3.66. The highest BCUT2D eigenvalue weighted by Gasteiger charge is 2.31. The van der Waals surface area contributed by atoms with E-state index in [9.17, 15) is 22.4 Å². The summed E-state index contributed by atoms with van der Waals surface area (Å²) in [5.74, 6) is -1.72. The maximum Gasteiger partial charge on any atom is 0.246 e. The average molecular weight is 480 g/mol. The molecule has 33 heavy (non-hydrogen) atoms. The topological polar surface area (TPSA) is 119 Å². The highest BCUT2D eigenvalue weighted by molar-refractivity contribution is 7.89. The summed E-state index contributed by atoms with van der Waals surface area (Å²) in [4.78, 5) is 26.1. The van der Waals surface area contributed by atoms with E-state index in [0.717, 1.165) is 11.0 Å². The lowest BCUT2D eigenvalue weighted by Crippen LogP contribution is -2.41. The second-order valence-electron chi connectivity index (χ2n) is 7.54. The molecule has 0 radical (unpaired) electrons. The highest BCUT2D eigenvalue weighted by atomic mass is 32.2. The lowest BCUT2D eigenvalue weighted by molar-refractivity contribution is -0.137. The van der Waals surface area contributed by atoms with Crippen molar-refractivity contribution in [2.45, 2.75) is 17.4 Å². The molecule has 1 fully saturated rings. The van der Waals surface area contributed by atoms with Gasteiger partial charge in [0.1, 0.15) is 22.5 Å². The van der Waals surface area contributed by atoms with Gasteiger partial charge in [-0.2, -0.15) is 4.31 Å². The number of morpholine rings is 1. The van der Waals surface area contributed by atoms with Gasteiger partial charge in [-0.05, 0) is 35.4 Å². The van der Waals surface area contributed by atoms with Gasteiger partial charge in [-0.25, -0.2) is 12.8 Å². The van der Waals surface area contributed by atoms with Crippen LogP contribution in [0.5, 0.6) is 5.75 Å². The second-order valence-corrected chi connectivity index (χ2v) is 9.45. The van der Waals surface area contributed by atoms with E-state index in [1.165, 1.54) is 48.8 Å². The first-order chi connectivity index (χ1) is 15.6. The zero-order valence-electron chi connectivity index (χ0n) is 18.4. The number of nitrogens with two attached hydrogens (primary N) is 1. The Balaban J connectivity index is 1.87. The van der Waals surface area contributed by atoms with Gasteiger partial charge in [0.2, 0.25) is 21.8 Å². The van der Waals surface area contributed by atoms with Crippen molar-refractivity contribution in [3.05, 3.63) is 59.4 Å². The molecule has 0 aromatic heterocycles. The zero-order valence-corrected chi connectivity index (χ0v) is 19.2. The summed E-state index contributed by atoms with van der Waals surface area (Å²) in [6, 6.07) is 8.54. The third-order valence-corrected chi connectivity index (χ3v) is 7.31. The monoisotopic (exact) mass is 479 g/mol. The number of benzene rings is 2. The van der Waals surface area contributed by atoms with Gasteiger partial charge in [0.25, 0.3) is 0 Å². The third-order valence-electron chi connectivity index (χ3n) is 5.39. The van der Waals surface area contributed by atoms with E-state index in [0.29, 0.717) is 18.8 Å². The van der Waals surface area contributed by atoms with Gasteiger partial charge in [0.05, 0.1) is 26.7 Å². The van der Waals surface area contributed by atoms with Crippen molar-refractivity contribution in [2.24, 2.45) is 5.73 Å². The molecule has 1 aliphatic heterocycles. The molecule has 1 heterocycles. The second kappa shape index (κ2) is 10.3. The minimum Gasteiger partial charge on any atom is -0.495 e. The van der Waals surface area contributed by atoms with Crippen molar-refractivity contribution in [3.63, 3.8) is 0 Å². The van der Waals surface area contributed by atoms with Crippen LogP contribution in [-0.4, -0.2) is 69.9 Å². The van der Waals surface area contributed by atoms with Crippen LogP contribution in [0, 0.1) is 5.82 Å². The van der Waals surface area contributed by atoms with E-state index >= 15 is 0 Å². The number of carbonyl (C=O) groups is 2. The quantitative estimate of drug-likeness (QED) is 0.605. The molecule has 2 aromatic carbocycles. The largest absolute Gasteiger partial charge is 0.495 e. The molecule has 1 saturated heterocycles. The lowest BCUT2D eigenvalue weighted by atomic mass is 10.0. The van der Waals surface area contributed by atoms with Crippen LogP contribution in [0.3, 0.4) is 0 Å². The molecule has 2 amide bonds. The Hall–Kier alpha value is -3.02. The summed E-state index contributed by atoms with van der Waals surface area (Å²) in [7, 11) is -1.12. The molecule has 0 saturated carbocycles. The smallest absolute Gasteiger partial charge is 0.246 e. The van der Waals surface area contributed by atoms with Crippen LogP contribution in [0.15, 0.2) is 47.4 Å². The Kier molecular flexibility index (Phi) is 7.67. The van der Waals surface area contributed by atoms with Gasteiger partial charge in [-0.3, -0.25) is 9.59 Å². The molecule has 11 heteroatoms. The first kappa shape index (κ1) is 24.6. The average Bonchev–Trinajstić information content (AvgIpc) is 2.79. The predicted octanol–water partition coefficient (Wildman–Crippen LogP) is 1.08. The summed E-state index contributed by atoms with van der Waals surface area (Å²) in [6.45, 7) is 1.01. The fourth-order valence-corrected chi connectivity index (χ4v) is 5.27. The number of nitrogens with zero attached hydrogens (tertiary/aromatic N) is 2. The van der Waals surface area contributed by atoms with Crippen LogP contribution in [0.1, 0.15) is 17.2 Å². The summed E-state index contributed by atoms with van der Waals surface area (Å²) in [6.07, 6.45) is -0.203. The number of rotatable bonds is 8. The van der Waals surface area contributed by atoms with Crippen molar-refractivity contribution in [3.8, 4) is 5.75 Å². The number of ether oxygens (including phenoxy) is 2. The molecule has 0 unspecified atom stereocenters. The highest BCUT2D eigenvalue weighted by Crippen LogP contribution is 2.29. The first-order valence-corrected chi connectivity index (χ1v) is 11.6. The molecule has 2 aromatic rings. The molecular weight excluding hydrogens is 453 g/mol. The predicted molar refractivity (Wildman–Crippen MR) is 117 cm³/mol. The van der Waals surface area contributed by atoms with Crippen LogP contribution in [0.4, 0.5) is 4.39 Å². The van der Waals surface area contributed by atoms with E-state index in [1.54, 1.807) is 6.07 Å². The molecule has 9 nitrogen and oxygen atoms in total. The number of halogens is 1. The van der Waals surface area contributed by atoms with Gasteiger partial charge in [0, 0.05) is 20.1 Å². The molecule has 0 spiro atoms. The summed E-state index contributed by atoms with van der Waals surface area (Å²) >= 11 is 0. The van der Waals surface area contributed by atoms with Gasteiger partial charge < -0.3 is 20.1 Å². The number of hydrogen-bond donors (Lipinski definition) is 1. The Morgan fingerprint density at radius 1 is 1.21 bits per heavy atom. The maximum absolute atomic E-state index is 13.6. The number of primary amides is 1. The van der Waals surface area contributed by atoms with Gasteiger partial charge in [0.15, 0.2) is 0 Å². The Morgan fingerprint density at radius 3 is 2.52 bits per heavy atom. The molecule has 3 rings (SSSR count). The number of hydrogen-bond acceptors (Lipinski definition) is 6. The third kappa shape index (κ3) is 5.49. The van der Waals surface area contributed by atoms with Crippen LogP contribution in [0.25, 0.3) is 0 Å². The molecule has 178 valence electrons. The molecular formula is C22H26FN3O6S. The number of carbonyl (C=O) groups excluding carboxylic acids is 2. The molecule has 1 aliphatic rings. The van der Waals surface area contributed by atoms with E-state index in [2.05, 4.69) is 0 Å². The first-order valence-electron chi connectivity index (χ1n) is 10.2. The number of amides is 2. The Bertz CT molecular complexity index is 1130. The normalized spacial score (nSPS) is 15.6. The van der Waals surface area contributed by atoms with Crippen molar-refractivity contribution < 1.29 is 31.9 Å². The van der Waals surface area contributed by atoms with Crippen LogP contribution in [-0.2, 0) is 30.8 Å². The Morgan fingerprint density at radius 2 is 1.91 bits per heavy atom. The van der Waals surface area contributed by atoms with Gasteiger partial charge >= 0.3 is 0 Å². The fraction of sp³-hybridized carbons (Fsp3) is 0.364. The van der Waals surface area contributed by atoms with E-state index in [4.69, 9.17) is 15.2 Å². The SMILES string of the molecule is COc1ccc(CC(=O)N(C)[C@@H](C(N)=O)c2cccc(F)c2)cc1S(=O)(=O)N1CCOCC1. The summed E-state index contributed by atoms with van der Waals surface area (Å²) < 4.78 is 51.7. The van der Waals surface area contributed by atoms with Crippen LogP contribution < -0.4 is 10.5 Å². The van der Waals surface area contributed by atoms with Gasteiger partial charge in [-0.15, -0.1) is 0 Å². The van der Waals surface area contributed by atoms with Gasteiger partial charge in [-0.1, -0.05) is 18.2 Å². The Labute approximate surface area is 191 Å². The van der Waals surface area contributed by atoms with Crippen LogP contribution in [0.2, 0.25) is 0 Å². The number of sulfonamides is 1. The molecule has 0 aliphatic carbocycles. The van der Waals surface area contributed by atoms with Crippen LogP contribution >= 0.6 is 0 Å². The molecule has 2 N–H and O–H groups in total.